The highest BCUT2D eigenvalue weighted by atomic mass is 35.5. The highest BCUT2D eigenvalue weighted by Gasteiger charge is 2.31. The molecule has 0 atom stereocenters. The van der Waals surface area contributed by atoms with Crippen molar-refractivity contribution in [2.45, 2.75) is 12.6 Å². The number of pyridine rings is 1. The van der Waals surface area contributed by atoms with Crippen LogP contribution in [0.1, 0.15) is 11.1 Å². The van der Waals surface area contributed by atoms with E-state index in [4.69, 9.17) is 11.6 Å². The number of hydrogen-bond donors (Lipinski definition) is 1. The topological polar surface area (TPSA) is 78.1 Å². The molecule has 1 fully saturated rings. The first-order chi connectivity index (χ1) is 14.9. The number of alkyl halides is 1. The summed E-state index contributed by atoms with van der Waals surface area (Å²) in [7, 11) is 0. The summed E-state index contributed by atoms with van der Waals surface area (Å²) in [6.07, 6.45) is 0. The number of likely N-dealkylation sites (tertiary alicyclic amines) is 1. The number of rotatable bonds is 5. The molecule has 9 heteroatoms. The van der Waals surface area contributed by atoms with E-state index in [1.807, 2.05) is 6.07 Å². The summed E-state index contributed by atoms with van der Waals surface area (Å²) >= 11 is 5.56. The molecular formula is C22H17ClF2N4O2. The quantitative estimate of drug-likeness (QED) is 0.616. The predicted octanol–water partition coefficient (Wildman–Crippen LogP) is 3.06. The Labute approximate surface area is 181 Å². The fourth-order valence-corrected chi connectivity index (χ4v) is 3.89. The van der Waals surface area contributed by atoms with Crippen molar-refractivity contribution < 1.29 is 13.6 Å². The van der Waals surface area contributed by atoms with Gasteiger partial charge in [0.25, 0.3) is 5.56 Å². The van der Waals surface area contributed by atoms with Gasteiger partial charge in [-0.25, -0.2) is 8.78 Å². The number of carbonyl (C=O) groups excluding carboxylic acids is 1. The van der Waals surface area contributed by atoms with Crippen LogP contribution in [0, 0.1) is 23.0 Å². The van der Waals surface area contributed by atoms with Crippen molar-refractivity contribution in [3.63, 3.8) is 0 Å². The van der Waals surface area contributed by atoms with E-state index in [0.29, 0.717) is 29.7 Å². The van der Waals surface area contributed by atoms with Crippen molar-refractivity contribution in [1.82, 2.24) is 9.47 Å². The first kappa shape index (κ1) is 20.8. The molecule has 6 nitrogen and oxygen atoms in total. The maximum absolute atomic E-state index is 14.1. The van der Waals surface area contributed by atoms with Crippen LogP contribution >= 0.6 is 11.6 Å². The summed E-state index contributed by atoms with van der Waals surface area (Å²) in [4.78, 5) is 26.4. The van der Waals surface area contributed by atoms with Crippen LogP contribution in [0.25, 0.3) is 10.9 Å². The van der Waals surface area contributed by atoms with Gasteiger partial charge >= 0.3 is 0 Å². The molecule has 4 rings (SSSR count). The number of anilines is 1. The Morgan fingerprint density at radius 2 is 1.94 bits per heavy atom. The van der Waals surface area contributed by atoms with Crippen LogP contribution in [0.3, 0.4) is 0 Å². The summed E-state index contributed by atoms with van der Waals surface area (Å²) in [5.74, 6) is -1.31. The van der Waals surface area contributed by atoms with Gasteiger partial charge in [0.2, 0.25) is 5.91 Å². The summed E-state index contributed by atoms with van der Waals surface area (Å²) in [6.45, 7) is 0.740. The van der Waals surface area contributed by atoms with Crippen molar-refractivity contribution in [3.05, 3.63) is 75.6 Å². The van der Waals surface area contributed by atoms with Crippen LogP contribution < -0.4 is 10.9 Å². The van der Waals surface area contributed by atoms with Gasteiger partial charge in [0.15, 0.2) is 0 Å². The maximum Gasteiger partial charge on any atom is 0.271 e. The number of nitrogens with one attached hydrogen (secondary N) is 1. The van der Waals surface area contributed by atoms with Gasteiger partial charge in [-0.3, -0.25) is 9.59 Å². The van der Waals surface area contributed by atoms with E-state index in [1.165, 1.54) is 41.0 Å². The molecule has 0 spiro atoms. The number of carbonyl (C=O) groups is 1. The van der Waals surface area contributed by atoms with Gasteiger partial charge in [-0.15, -0.1) is 11.6 Å². The standard InChI is InChI=1S/C22H17ClF2N4O2/c23-8-20(30)28-11-16(12-28)27-21-17-5-4-15(25)7-19(17)29(22(31)18(21)9-26)10-13-2-1-3-14(24)6-13/h1-7,16,27H,8,10-12H2. The molecule has 31 heavy (non-hydrogen) atoms. The Balaban J connectivity index is 1.79. The van der Waals surface area contributed by atoms with Crippen LogP contribution in [0.4, 0.5) is 14.5 Å². The van der Waals surface area contributed by atoms with Crippen LogP contribution in [-0.2, 0) is 11.3 Å². The molecule has 0 saturated carbocycles. The Morgan fingerprint density at radius 1 is 1.19 bits per heavy atom. The number of aromatic nitrogens is 1. The highest BCUT2D eigenvalue weighted by molar-refractivity contribution is 6.27. The number of benzene rings is 2. The number of fused-ring (bicyclic) bond motifs is 1. The van der Waals surface area contributed by atoms with Crippen molar-refractivity contribution in [1.29, 1.82) is 5.26 Å². The lowest BCUT2D eigenvalue weighted by Crippen LogP contribution is -2.57. The highest BCUT2D eigenvalue weighted by Crippen LogP contribution is 2.28. The molecule has 1 aliphatic heterocycles. The number of hydrogen-bond acceptors (Lipinski definition) is 4. The van der Waals surface area contributed by atoms with E-state index in [0.717, 1.165) is 0 Å². The van der Waals surface area contributed by atoms with Crippen LogP contribution in [0.15, 0.2) is 47.3 Å². The number of amides is 1. The lowest BCUT2D eigenvalue weighted by atomic mass is 10.0. The summed E-state index contributed by atoms with van der Waals surface area (Å²) in [6, 6.07) is 11.5. The number of halogens is 3. The second-order valence-corrected chi connectivity index (χ2v) is 7.59. The Kier molecular flexibility index (Phi) is 5.61. The van der Waals surface area contributed by atoms with E-state index < -0.39 is 17.2 Å². The molecule has 158 valence electrons. The molecule has 2 heterocycles. The average molecular weight is 443 g/mol. The molecule has 1 N–H and O–H groups in total. The third-order valence-corrected chi connectivity index (χ3v) is 5.50. The zero-order valence-corrected chi connectivity index (χ0v) is 17.0. The summed E-state index contributed by atoms with van der Waals surface area (Å²) in [5.41, 5.74) is 0.342. The zero-order chi connectivity index (χ0) is 22.1. The van der Waals surface area contributed by atoms with Crippen molar-refractivity contribution >= 4 is 34.1 Å². The van der Waals surface area contributed by atoms with Crippen LogP contribution in [-0.4, -0.2) is 40.4 Å². The lowest BCUT2D eigenvalue weighted by Gasteiger charge is -2.40. The molecule has 1 aliphatic rings. The van der Waals surface area contributed by atoms with Gasteiger partial charge in [-0.1, -0.05) is 12.1 Å². The van der Waals surface area contributed by atoms with Crippen molar-refractivity contribution in [2.75, 3.05) is 24.3 Å². The fourth-order valence-electron chi connectivity index (χ4n) is 3.72. The van der Waals surface area contributed by atoms with E-state index in [9.17, 15) is 23.6 Å². The van der Waals surface area contributed by atoms with Crippen LogP contribution in [0.2, 0.25) is 0 Å². The Hall–Kier alpha value is -3.44. The smallest absolute Gasteiger partial charge is 0.271 e. The molecular weight excluding hydrogens is 426 g/mol. The van der Waals surface area contributed by atoms with Gasteiger partial charge in [0.1, 0.15) is 29.1 Å². The van der Waals surface area contributed by atoms with Crippen LogP contribution in [0.5, 0.6) is 0 Å². The number of nitrogens with zero attached hydrogens (tertiary/aromatic N) is 3. The van der Waals surface area contributed by atoms with Gasteiger partial charge < -0.3 is 14.8 Å². The second kappa shape index (κ2) is 8.36. The second-order valence-electron chi connectivity index (χ2n) is 7.32. The third kappa shape index (κ3) is 3.97. The third-order valence-electron chi connectivity index (χ3n) is 5.27. The molecule has 0 bridgehead atoms. The van der Waals surface area contributed by atoms with E-state index >= 15 is 0 Å². The SMILES string of the molecule is N#Cc1c(NC2CN(C(=O)CCl)C2)c2ccc(F)cc2n(Cc2cccc(F)c2)c1=O. The zero-order valence-electron chi connectivity index (χ0n) is 16.2. The first-order valence-corrected chi connectivity index (χ1v) is 10.1. The van der Waals surface area contributed by atoms with E-state index in [-0.39, 0.29) is 35.5 Å². The minimum absolute atomic E-state index is 0.0209. The molecule has 1 amide bonds. The van der Waals surface area contributed by atoms with E-state index in [1.54, 1.807) is 11.0 Å². The van der Waals surface area contributed by atoms with Gasteiger partial charge in [0.05, 0.1) is 23.8 Å². The monoisotopic (exact) mass is 442 g/mol. The van der Waals surface area contributed by atoms with Crippen molar-refractivity contribution in [3.8, 4) is 6.07 Å². The molecule has 2 aromatic carbocycles. The fraction of sp³-hybridized carbons (Fsp3) is 0.227. The summed E-state index contributed by atoms with van der Waals surface area (Å²) < 4.78 is 28.9. The molecule has 0 unspecified atom stereocenters. The molecule has 0 aliphatic carbocycles. The molecule has 3 aromatic rings. The predicted molar refractivity (Wildman–Crippen MR) is 113 cm³/mol. The molecule has 0 radical (unpaired) electrons. The van der Waals surface area contributed by atoms with Gasteiger partial charge in [-0.2, -0.15) is 5.26 Å². The number of nitriles is 1. The van der Waals surface area contributed by atoms with Crippen molar-refractivity contribution in [2.24, 2.45) is 0 Å². The molecule has 1 aromatic heterocycles. The largest absolute Gasteiger partial charge is 0.377 e. The lowest BCUT2D eigenvalue weighted by molar-refractivity contribution is -0.132. The first-order valence-electron chi connectivity index (χ1n) is 9.52. The maximum atomic E-state index is 14.1. The Morgan fingerprint density at radius 3 is 2.61 bits per heavy atom. The summed E-state index contributed by atoms with van der Waals surface area (Å²) in [5, 5.41) is 13.3. The van der Waals surface area contributed by atoms with Gasteiger partial charge in [-0.05, 0) is 35.9 Å². The average Bonchev–Trinajstić information content (AvgIpc) is 2.72. The van der Waals surface area contributed by atoms with Gasteiger partial charge in [0, 0.05) is 18.5 Å². The Bertz CT molecular complexity index is 1280. The minimum atomic E-state index is -0.611. The van der Waals surface area contributed by atoms with E-state index in [2.05, 4.69) is 5.32 Å². The molecule has 1 saturated heterocycles. The normalized spacial score (nSPS) is 13.7. The minimum Gasteiger partial charge on any atom is -0.377 e.